The number of rotatable bonds is 3. The Morgan fingerprint density at radius 1 is 1.50 bits per heavy atom. The molecule has 1 aliphatic heterocycles. The minimum absolute atomic E-state index is 0.0554. The lowest BCUT2D eigenvalue weighted by Gasteiger charge is -2.01. The Kier molecular flexibility index (Phi) is 2.55. The molecule has 0 spiro atoms. The van der Waals surface area contributed by atoms with Gasteiger partial charge in [-0.2, -0.15) is 4.74 Å². The smallest absolute Gasteiger partial charge is 0.289 e. The molecular formula is C10H12N4O2. The van der Waals surface area contributed by atoms with Gasteiger partial charge in [0.1, 0.15) is 6.33 Å². The number of unbranched alkanes of at least 4 members (excludes halogenated alkanes) is 1. The van der Waals surface area contributed by atoms with E-state index in [0.717, 1.165) is 12.8 Å². The van der Waals surface area contributed by atoms with E-state index in [-0.39, 0.29) is 28.7 Å². The van der Waals surface area contributed by atoms with Crippen LogP contribution in [0.5, 0.6) is 0 Å². The normalized spacial score (nSPS) is 14.4. The molecular weight excluding hydrogens is 208 g/mol. The predicted molar refractivity (Wildman–Crippen MR) is 58.6 cm³/mol. The molecule has 0 saturated heterocycles. The number of nitrogens with zero attached hydrogens (tertiary/aromatic N) is 3. The third kappa shape index (κ3) is 1.42. The molecule has 6 nitrogen and oxygen atoms in total. The third-order valence-corrected chi connectivity index (χ3v) is 2.54. The largest absolute Gasteiger partial charge is 0.618 e. The summed E-state index contributed by atoms with van der Waals surface area (Å²) < 4.78 is 0.572. The summed E-state index contributed by atoms with van der Waals surface area (Å²) in [7, 11) is 0. The highest BCUT2D eigenvalue weighted by atomic mass is 16.5. The molecule has 6 heteroatoms. The second-order valence-electron chi connectivity index (χ2n) is 3.63. The number of Topliss-reactive ketones (excluding diaryl/α,β-unsaturated/α-hetero) is 1. The SMILES string of the molecule is CCCCC1=[N+]([O-])c2c(N)ncnc2C1=O. The van der Waals surface area contributed by atoms with Gasteiger partial charge in [0.05, 0.1) is 0 Å². The van der Waals surface area contributed by atoms with E-state index in [1.807, 2.05) is 6.92 Å². The Labute approximate surface area is 92.4 Å². The number of ketones is 1. The molecule has 0 amide bonds. The van der Waals surface area contributed by atoms with Crippen LogP contribution >= 0.6 is 0 Å². The van der Waals surface area contributed by atoms with Crippen molar-refractivity contribution in [1.29, 1.82) is 0 Å². The summed E-state index contributed by atoms with van der Waals surface area (Å²) in [5.41, 5.74) is 5.98. The van der Waals surface area contributed by atoms with Gasteiger partial charge in [-0.15, -0.1) is 0 Å². The van der Waals surface area contributed by atoms with Crippen molar-refractivity contribution in [2.45, 2.75) is 26.2 Å². The van der Waals surface area contributed by atoms with Crippen molar-refractivity contribution >= 4 is 23.0 Å². The quantitative estimate of drug-likeness (QED) is 0.606. The molecule has 2 rings (SSSR count). The topological polar surface area (TPSA) is 94.9 Å². The Balaban J connectivity index is 2.45. The molecule has 1 aliphatic rings. The predicted octanol–water partition coefficient (Wildman–Crippen LogP) is 1.03. The first kappa shape index (κ1) is 10.5. The fourth-order valence-electron chi connectivity index (χ4n) is 1.68. The molecule has 2 N–H and O–H groups in total. The Morgan fingerprint density at radius 2 is 2.25 bits per heavy atom. The molecule has 1 aromatic rings. The number of hydrogen-bond acceptors (Lipinski definition) is 5. The van der Waals surface area contributed by atoms with Crippen LogP contribution in [0.15, 0.2) is 6.33 Å². The number of carbonyl (C=O) groups excluding carboxylic acids is 1. The van der Waals surface area contributed by atoms with Gasteiger partial charge in [0.15, 0.2) is 5.69 Å². The van der Waals surface area contributed by atoms with Gasteiger partial charge in [0.25, 0.3) is 11.5 Å². The average molecular weight is 220 g/mol. The van der Waals surface area contributed by atoms with E-state index in [1.54, 1.807) is 0 Å². The molecule has 0 radical (unpaired) electrons. The fourth-order valence-corrected chi connectivity index (χ4v) is 1.68. The van der Waals surface area contributed by atoms with Crippen LogP contribution in [0, 0.1) is 5.21 Å². The van der Waals surface area contributed by atoms with Crippen molar-refractivity contribution in [3.8, 4) is 0 Å². The number of hydrogen-bond donors (Lipinski definition) is 1. The highest BCUT2D eigenvalue weighted by Crippen LogP contribution is 2.29. The first-order valence-electron chi connectivity index (χ1n) is 5.15. The van der Waals surface area contributed by atoms with Crippen LogP contribution in [-0.2, 0) is 0 Å². The monoisotopic (exact) mass is 220 g/mol. The summed E-state index contributed by atoms with van der Waals surface area (Å²) in [6.07, 6.45) is 3.36. The summed E-state index contributed by atoms with van der Waals surface area (Å²) in [4.78, 5) is 19.4. The number of anilines is 1. The summed E-state index contributed by atoms with van der Waals surface area (Å²) in [6, 6.07) is 0. The average Bonchev–Trinajstić information content (AvgIpc) is 2.51. The van der Waals surface area contributed by atoms with E-state index in [2.05, 4.69) is 9.97 Å². The zero-order valence-electron chi connectivity index (χ0n) is 8.93. The Morgan fingerprint density at radius 3 is 2.88 bits per heavy atom. The molecule has 0 atom stereocenters. The first-order valence-corrected chi connectivity index (χ1v) is 5.15. The van der Waals surface area contributed by atoms with E-state index in [1.165, 1.54) is 6.33 Å². The van der Waals surface area contributed by atoms with E-state index in [9.17, 15) is 10.0 Å². The van der Waals surface area contributed by atoms with Crippen LogP contribution in [0.1, 0.15) is 36.7 Å². The maximum absolute atomic E-state index is 11.8. The van der Waals surface area contributed by atoms with E-state index < -0.39 is 0 Å². The molecule has 84 valence electrons. The molecule has 0 bridgehead atoms. The van der Waals surface area contributed by atoms with Crippen molar-refractivity contribution in [2.75, 3.05) is 5.73 Å². The van der Waals surface area contributed by atoms with Crippen molar-refractivity contribution in [1.82, 2.24) is 9.97 Å². The first-order chi connectivity index (χ1) is 7.66. The lowest BCUT2D eigenvalue weighted by molar-refractivity contribution is -0.357. The number of nitrogens with two attached hydrogens (primary N) is 1. The van der Waals surface area contributed by atoms with Gasteiger partial charge in [-0.25, -0.2) is 9.97 Å². The van der Waals surface area contributed by atoms with Gasteiger partial charge in [-0.05, 0) is 6.42 Å². The molecule has 0 aromatic carbocycles. The Bertz CT molecular complexity index is 482. The van der Waals surface area contributed by atoms with Crippen molar-refractivity contribution in [3.05, 3.63) is 17.2 Å². The van der Waals surface area contributed by atoms with E-state index in [4.69, 9.17) is 5.73 Å². The summed E-state index contributed by atoms with van der Waals surface area (Å²) in [5, 5.41) is 11.8. The second-order valence-corrected chi connectivity index (χ2v) is 3.63. The molecule has 0 aliphatic carbocycles. The maximum atomic E-state index is 11.8. The van der Waals surface area contributed by atoms with Gasteiger partial charge in [0, 0.05) is 6.42 Å². The minimum Gasteiger partial charge on any atom is -0.618 e. The van der Waals surface area contributed by atoms with Gasteiger partial charge >= 0.3 is 0 Å². The van der Waals surface area contributed by atoms with Crippen LogP contribution in [-0.4, -0.2) is 26.2 Å². The summed E-state index contributed by atoms with van der Waals surface area (Å²) >= 11 is 0. The third-order valence-electron chi connectivity index (χ3n) is 2.54. The molecule has 1 aromatic heterocycles. The summed E-state index contributed by atoms with van der Waals surface area (Å²) in [5.74, 6) is -0.271. The lowest BCUT2D eigenvalue weighted by atomic mass is 10.1. The van der Waals surface area contributed by atoms with Gasteiger partial charge in [-0.1, -0.05) is 13.3 Å². The molecule has 16 heavy (non-hydrogen) atoms. The molecule has 2 heterocycles. The summed E-state index contributed by atoms with van der Waals surface area (Å²) in [6.45, 7) is 2.00. The van der Waals surface area contributed by atoms with Gasteiger partial charge < -0.3 is 10.9 Å². The Hall–Kier alpha value is -1.98. The number of carbonyl (C=O) groups is 1. The standard InChI is InChI=1S/C10H12N4O2/c1-2-3-4-6-9(15)7-8(14(6)16)10(11)13-5-12-7/h5H,2-4H2,1H3,(H2,11,12,13). The highest BCUT2D eigenvalue weighted by Gasteiger charge is 2.38. The molecule has 0 unspecified atom stereocenters. The number of fused-ring (bicyclic) bond motifs is 1. The zero-order valence-corrected chi connectivity index (χ0v) is 8.93. The van der Waals surface area contributed by atoms with Crippen LogP contribution < -0.4 is 5.73 Å². The maximum Gasteiger partial charge on any atom is 0.289 e. The molecule has 0 saturated carbocycles. The number of nitrogen functional groups attached to an aromatic ring is 1. The lowest BCUT2D eigenvalue weighted by Crippen LogP contribution is -2.15. The van der Waals surface area contributed by atoms with E-state index in [0.29, 0.717) is 11.2 Å². The van der Waals surface area contributed by atoms with Crippen LogP contribution in [0.25, 0.3) is 0 Å². The zero-order chi connectivity index (χ0) is 11.7. The van der Waals surface area contributed by atoms with Crippen LogP contribution in [0.3, 0.4) is 0 Å². The van der Waals surface area contributed by atoms with E-state index >= 15 is 0 Å². The van der Waals surface area contributed by atoms with Crippen molar-refractivity contribution in [3.63, 3.8) is 0 Å². The number of aromatic nitrogens is 2. The minimum atomic E-state index is -0.326. The second kappa shape index (κ2) is 3.88. The molecule has 0 fully saturated rings. The fraction of sp³-hybridized carbons (Fsp3) is 0.400. The van der Waals surface area contributed by atoms with Crippen molar-refractivity contribution < 1.29 is 9.53 Å². The van der Waals surface area contributed by atoms with Crippen molar-refractivity contribution in [2.24, 2.45) is 0 Å². The van der Waals surface area contributed by atoms with Gasteiger partial charge in [-0.3, -0.25) is 4.79 Å². The van der Waals surface area contributed by atoms with Gasteiger partial charge in [0.2, 0.25) is 11.5 Å². The van der Waals surface area contributed by atoms with Crippen LogP contribution in [0.4, 0.5) is 11.5 Å². The van der Waals surface area contributed by atoms with Crippen LogP contribution in [0.2, 0.25) is 0 Å². The highest BCUT2D eigenvalue weighted by molar-refractivity contribution is 6.46.